The Bertz CT molecular complexity index is 781. The van der Waals surface area contributed by atoms with E-state index in [4.69, 9.17) is 9.47 Å². The molecule has 6 nitrogen and oxygen atoms in total. The molecule has 0 saturated carbocycles. The Morgan fingerprint density at radius 1 is 1.04 bits per heavy atom. The van der Waals surface area contributed by atoms with Gasteiger partial charge in [0.05, 0.1) is 0 Å². The van der Waals surface area contributed by atoms with E-state index in [1.54, 1.807) is 6.07 Å². The highest BCUT2D eigenvalue weighted by Gasteiger charge is 2.26. The molecule has 2 amide bonds. The second-order valence-electron chi connectivity index (χ2n) is 5.47. The van der Waals surface area contributed by atoms with Gasteiger partial charge in [0.1, 0.15) is 5.75 Å². The maximum absolute atomic E-state index is 11.8. The number of imide groups is 1. The highest BCUT2D eigenvalue weighted by Crippen LogP contribution is 2.25. The van der Waals surface area contributed by atoms with Gasteiger partial charge in [0.25, 0.3) is 5.91 Å². The van der Waals surface area contributed by atoms with Crippen molar-refractivity contribution in [3.05, 3.63) is 42.5 Å². The molecular formula is C18H17NO5. The van der Waals surface area contributed by atoms with Crippen LogP contribution < -0.4 is 4.74 Å². The van der Waals surface area contributed by atoms with Gasteiger partial charge in [0.15, 0.2) is 13.2 Å². The average molecular weight is 327 g/mol. The summed E-state index contributed by atoms with van der Waals surface area (Å²) in [6.45, 7) is -0.347. The Hall–Kier alpha value is -2.89. The standard InChI is InChI=1S/C18H17NO5/c20-16-9-4-10-19(16)17(21)11-24-18(22)12-23-15-8-3-6-13-5-1-2-7-14(13)15/h1-3,5-8H,4,9-12H2. The Morgan fingerprint density at radius 2 is 1.83 bits per heavy atom. The van der Waals surface area contributed by atoms with Gasteiger partial charge in [-0.25, -0.2) is 4.79 Å². The van der Waals surface area contributed by atoms with Gasteiger partial charge < -0.3 is 9.47 Å². The first-order chi connectivity index (χ1) is 11.6. The molecule has 2 aromatic rings. The SMILES string of the molecule is O=C(COc1cccc2ccccc12)OCC(=O)N1CCCC1=O. The first-order valence-electron chi connectivity index (χ1n) is 7.74. The van der Waals surface area contributed by atoms with Crippen LogP contribution in [0.4, 0.5) is 0 Å². The molecule has 6 heteroatoms. The normalized spacial score (nSPS) is 14.0. The molecule has 0 bridgehead atoms. The lowest BCUT2D eigenvalue weighted by Crippen LogP contribution is -2.35. The summed E-state index contributed by atoms with van der Waals surface area (Å²) in [5.74, 6) is -0.784. The van der Waals surface area contributed by atoms with Gasteiger partial charge in [0.2, 0.25) is 5.91 Å². The molecule has 0 unspecified atom stereocenters. The zero-order chi connectivity index (χ0) is 16.9. The van der Waals surface area contributed by atoms with Crippen molar-refractivity contribution in [3.63, 3.8) is 0 Å². The molecule has 1 saturated heterocycles. The van der Waals surface area contributed by atoms with E-state index in [1.807, 2.05) is 36.4 Å². The fourth-order valence-electron chi connectivity index (χ4n) is 2.63. The Labute approximate surface area is 138 Å². The highest BCUT2D eigenvalue weighted by atomic mass is 16.6. The van der Waals surface area contributed by atoms with Crippen LogP contribution in [-0.2, 0) is 19.1 Å². The summed E-state index contributed by atoms with van der Waals surface area (Å²) >= 11 is 0. The maximum Gasteiger partial charge on any atom is 0.344 e. The molecule has 1 aliphatic heterocycles. The number of benzene rings is 2. The maximum atomic E-state index is 11.8. The predicted molar refractivity (Wildman–Crippen MR) is 86.4 cm³/mol. The second-order valence-corrected chi connectivity index (χ2v) is 5.47. The summed E-state index contributed by atoms with van der Waals surface area (Å²) in [4.78, 5) is 36.1. The predicted octanol–water partition coefficient (Wildman–Crippen LogP) is 1.91. The number of hydrogen-bond acceptors (Lipinski definition) is 5. The van der Waals surface area contributed by atoms with Crippen LogP contribution in [-0.4, -0.2) is 42.4 Å². The van der Waals surface area contributed by atoms with Crippen molar-refractivity contribution in [1.29, 1.82) is 0 Å². The lowest BCUT2D eigenvalue weighted by Gasteiger charge is -2.13. The molecule has 3 rings (SSSR count). The molecule has 1 fully saturated rings. The molecule has 0 radical (unpaired) electrons. The van der Waals surface area contributed by atoms with Crippen molar-refractivity contribution in [3.8, 4) is 5.75 Å². The monoisotopic (exact) mass is 327 g/mol. The highest BCUT2D eigenvalue weighted by molar-refractivity contribution is 5.97. The van der Waals surface area contributed by atoms with Crippen LogP contribution >= 0.6 is 0 Å². The molecule has 0 aromatic heterocycles. The number of likely N-dealkylation sites (tertiary alicyclic amines) is 1. The van der Waals surface area contributed by atoms with Crippen LogP contribution in [0.15, 0.2) is 42.5 Å². The molecule has 1 heterocycles. The minimum absolute atomic E-state index is 0.219. The molecule has 2 aromatic carbocycles. The molecule has 0 aliphatic carbocycles. The van der Waals surface area contributed by atoms with Gasteiger partial charge in [-0.15, -0.1) is 0 Å². The fourth-order valence-corrected chi connectivity index (χ4v) is 2.63. The van der Waals surface area contributed by atoms with E-state index in [1.165, 1.54) is 0 Å². The molecule has 124 valence electrons. The van der Waals surface area contributed by atoms with E-state index >= 15 is 0 Å². The summed E-state index contributed by atoms with van der Waals surface area (Å²) in [7, 11) is 0. The van der Waals surface area contributed by atoms with Gasteiger partial charge in [-0.05, 0) is 17.9 Å². The van der Waals surface area contributed by atoms with Crippen LogP contribution in [0.25, 0.3) is 10.8 Å². The topological polar surface area (TPSA) is 72.9 Å². The molecule has 0 atom stereocenters. The first-order valence-corrected chi connectivity index (χ1v) is 7.74. The number of amides is 2. The fraction of sp³-hybridized carbons (Fsp3) is 0.278. The number of carbonyl (C=O) groups is 3. The number of nitrogens with zero attached hydrogens (tertiary/aromatic N) is 1. The van der Waals surface area contributed by atoms with Crippen molar-refractivity contribution < 1.29 is 23.9 Å². The molecule has 0 N–H and O–H groups in total. The van der Waals surface area contributed by atoms with Crippen molar-refractivity contribution in [2.45, 2.75) is 12.8 Å². The second kappa shape index (κ2) is 7.12. The lowest BCUT2D eigenvalue weighted by molar-refractivity contribution is -0.155. The number of hydrogen-bond donors (Lipinski definition) is 0. The summed E-state index contributed by atoms with van der Waals surface area (Å²) < 4.78 is 10.4. The van der Waals surface area contributed by atoms with Crippen molar-refractivity contribution in [2.24, 2.45) is 0 Å². The van der Waals surface area contributed by atoms with E-state index in [2.05, 4.69) is 0 Å². The zero-order valence-electron chi connectivity index (χ0n) is 13.1. The van der Waals surface area contributed by atoms with E-state index in [9.17, 15) is 14.4 Å². The van der Waals surface area contributed by atoms with E-state index in [0.29, 0.717) is 25.1 Å². The molecule has 24 heavy (non-hydrogen) atoms. The third-order valence-electron chi connectivity index (χ3n) is 3.83. The van der Waals surface area contributed by atoms with Gasteiger partial charge >= 0.3 is 5.97 Å². The minimum atomic E-state index is -0.650. The smallest absolute Gasteiger partial charge is 0.344 e. The van der Waals surface area contributed by atoms with Crippen molar-refractivity contribution in [2.75, 3.05) is 19.8 Å². The van der Waals surface area contributed by atoms with E-state index in [0.717, 1.165) is 15.7 Å². The van der Waals surface area contributed by atoms with Crippen molar-refractivity contribution >= 4 is 28.6 Å². The number of ether oxygens (including phenoxy) is 2. The Morgan fingerprint density at radius 3 is 2.62 bits per heavy atom. The summed E-state index contributed by atoms with van der Waals surface area (Å²) in [5, 5.41) is 1.90. The van der Waals surface area contributed by atoms with E-state index in [-0.39, 0.29) is 12.5 Å². The largest absolute Gasteiger partial charge is 0.481 e. The van der Waals surface area contributed by atoms with Crippen LogP contribution in [0.2, 0.25) is 0 Å². The summed E-state index contributed by atoms with van der Waals surface area (Å²) in [5.41, 5.74) is 0. The van der Waals surface area contributed by atoms with Gasteiger partial charge in [-0.2, -0.15) is 0 Å². The van der Waals surface area contributed by atoms with Gasteiger partial charge in [0, 0.05) is 18.4 Å². The quantitative estimate of drug-likeness (QED) is 0.784. The lowest BCUT2D eigenvalue weighted by atomic mass is 10.1. The average Bonchev–Trinajstić information content (AvgIpc) is 3.04. The van der Waals surface area contributed by atoms with Gasteiger partial charge in [-0.3, -0.25) is 14.5 Å². The van der Waals surface area contributed by atoms with Crippen LogP contribution in [0.3, 0.4) is 0 Å². The zero-order valence-corrected chi connectivity index (χ0v) is 13.1. The molecular weight excluding hydrogens is 310 g/mol. The van der Waals surface area contributed by atoms with E-state index < -0.39 is 18.5 Å². The van der Waals surface area contributed by atoms with Crippen LogP contribution in [0.5, 0.6) is 5.75 Å². The minimum Gasteiger partial charge on any atom is -0.481 e. The van der Waals surface area contributed by atoms with Gasteiger partial charge in [-0.1, -0.05) is 36.4 Å². The number of carbonyl (C=O) groups excluding carboxylic acids is 3. The third kappa shape index (κ3) is 3.53. The molecule has 0 spiro atoms. The van der Waals surface area contributed by atoms with Crippen LogP contribution in [0.1, 0.15) is 12.8 Å². The summed E-state index contributed by atoms with van der Waals surface area (Å²) in [6.07, 6.45) is 1.02. The number of esters is 1. The van der Waals surface area contributed by atoms with Crippen LogP contribution in [0, 0.1) is 0 Å². The van der Waals surface area contributed by atoms with Crippen molar-refractivity contribution in [1.82, 2.24) is 4.90 Å². The number of rotatable bonds is 5. The third-order valence-corrected chi connectivity index (χ3v) is 3.83. The Balaban J connectivity index is 1.52. The summed E-state index contributed by atoms with van der Waals surface area (Å²) in [6, 6.07) is 13.2. The first kappa shape index (κ1) is 16.0. The molecule has 1 aliphatic rings. The number of fused-ring (bicyclic) bond motifs is 1. The Kier molecular flexibility index (Phi) is 4.74.